The fourth-order valence-corrected chi connectivity index (χ4v) is 3.50. The number of nitrogens with zero attached hydrogens (tertiary/aromatic N) is 1. The van der Waals surface area contributed by atoms with Gasteiger partial charge in [0.1, 0.15) is 18.2 Å². The van der Waals surface area contributed by atoms with Crippen molar-refractivity contribution >= 4 is 34.5 Å². The van der Waals surface area contributed by atoms with Gasteiger partial charge in [0.05, 0.1) is 11.9 Å². The molecule has 0 aromatic heterocycles. The number of hydrazone groups is 1. The molecule has 4 aromatic carbocycles. The molecule has 35 heavy (non-hydrogen) atoms. The van der Waals surface area contributed by atoms with Crippen LogP contribution in [0.25, 0.3) is 10.8 Å². The Hall–Kier alpha value is -4.52. The van der Waals surface area contributed by atoms with Crippen LogP contribution in [0.3, 0.4) is 0 Å². The van der Waals surface area contributed by atoms with Crippen molar-refractivity contribution < 1.29 is 18.7 Å². The van der Waals surface area contributed by atoms with Crippen LogP contribution in [-0.4, -0.2) is 18.0 Å². The molecule has 4 aromatic rings. The van der Waals surface area contributed by atoms with Crippen molar-refractivity contribution in [3.05, 3.63) is 108 Å². The van der Waals surface area contributed by atoms with Gasteiger partial charge in [-0.05, 0) is 34.5 Å². The lowest BCUT2D eigenvalue weighted by molar-refractivity contribution is -0.124. The van der Waals surface area contributed by atoms with Gasteiger partial charge in [-0.25, -0.2) is 9.82 Å². The van der Waals surface area contributed by atoms with Crippen LogP contribution >= 0.6 is 0 Å². The number of fused-ring (bicyclic) bond motifs is 1. The van der Waals surface area contributed by atoms with Crippen molar-refractivity contribution in [3.8, 4) is 5.75 Å². The van der Waals surface area contributed by atoms with E-state index >= 15 is 0 Å². The van der Waals surface area contributed by atoms with Gasteiger partial charge in [-0.3, -0.25) is 9.59 Å². The summed E-state index contributed by atoms with van der Waals surface area (Å²) in [6, 6.07) is 27.3. The molecule has 0 heterocycles. The summed E-state index contributed by atoms with van der Waals surface area (Å²) in [6.45, 7) is 0.392. The van der Waals surface area contributed by atoms with Crippen LogP contribution in [0.2, 0.25) is 0 Å². The summed E-state index contributed by atoms with van der Waals surface area (Å²) in [5.41, 5.74) is 4.29. The van der Waals surface area contributed by atoms with Crippen molar-refractivity contribution in [1.29, 1.82) is 0 Å². The Labute approximate surface area is 202 Å². The summed E-state index contributed by atoms with van der Waals surface area (Å²) < 4.78 is 19.7. The molecular formula is C28H24FN3O3. The van der Waals surface area contributed by atoms with Gasteiger partial charge in [-0.2, -0.15) is 5.10 Å². The van der Waals surface area contributed by atoms with E-state index in [4.69, 9.17) is 4.74 Å². The molecule has 0 aliphatic carbocycles. The summed E-state index contributed by atoms with van der Waals surface area (Å²) in [5.74, 6) is -0.790. The maximum Gasteiger partial charge on any atom is 0.240 e. The molecular weight excluding hydrogens is 445 g/mol. The lowest BCUT2D eigenvalue weighted by Gasteiger charge is -2.12. The highest BCUT2D eigenvalue weighted by Gasteiger charge is 2.10. The van der Waals surface area contributed by atoms with Gasteiger partial charge < -0.3 is 10.1 Å². The maximum absolute atomic E-state index is 13.6. The number of carbonyl (C=O) groups excluding carboxylic acids is 2. The first kappa shape index (κ1) is 23.6. The molecule has 176 valence electrons. The topological polar surface area (TPSA) is 79.8 Å². The number of halogens is 1. The maximum atomic E-state index is 13.6. The molecule has 2 amide bonds. The van der Waals surface area contributed by atoms with Gasteiger partial charge in [0, 0.05) is 18.4 Å². The number of para-hydroxylation sites is 1. The number of hydrogen-bond acceptors (Lipinski definition) is 4. The first-order valence-electron chi connectivity index (χ1n) is 11.1. The van der Waals surface area contributed by atoms with Gasteiger partial charge in [-0.1, -0.05) is 72.8 Å². The Morgan fingerprint density at radius 2 is 1.54 bits per heavy atom. The van der Waals surface area contributed by atoms with Gasteiger partial charge in [0.25, 0.3) is 0 Å². The van der Waals surface area contributed by atoms with E-state index < -0.39 is 17.6 Å². The summed E-state index contributed by atoms with van der Waals surface area (Å²) in [6.07, 6.45) is 1.35. The zero-order chi connectivity index (χ0) is 24.5. The molecule has 4 rings (SSSR count). The minimum absolute atomic E-state index is 0.0786. The van der Waals surface area contributed by atoms with Crippen LogP contribution in [0.5, 0.6) is 5.75 Å². The molecule has 0 atom stereocenters. The Balaban J connectivity index is 1.39. The number of nitrogens with one attached hydrogen (secondary N) is 2. The second-order valence-electron chi connectivity index (χ2n) is 7.79. The van der Waals surface area contributed by atoms with E-state index in [9.17, 15) is 14.0 Å². The molecule has 0 fully saturated rings. The van der Waals surface area contributed by atoms with E-state index in [0.717, 1.165) is 21.9 Å². The van der Waals surface area contributed by atoms with Crippen molar-refractivity contribution in [2.24, 2.45) is 5.10 Å². The van der Waals surface area contributed by atoms with E-state index in [1.807, 2.05) is 66.7 Å². The van der Waals surface area contributed by atoms with Crippen molar-refractivity contribution in [3.63, 3.8) is 0 Å². The van der Waals surface area contributed by atoms with Crippen molar-refractivity contribution in [2.75, 3.05) is 5.32 Å². The summed E-state index contributed by atoms with van der Waals surface area (Å²) >= 11 is 0. The number of amides is 2. The number of benzene rings is 4. The summed E-state index contributed by atoms with van der Waals surface area (Å²) in [5, 5.41) is 8.48. The average molecular weight is 470 g/mol. The number of hydrogen-bond donors (Lipinski definition) is 2. The third kappa shape index (κ3) is 6.51. The van der Waals surface area contributed by atoms with Crippen LogP contribution in [-0.2, 0) is 16.2 Å². The van der Waals surface area contributed by atoms with Gasteiger partial charge in [0.15, 0.2) is 0 Å². The third-order valence-corrected chi connectivity index (χ3v) is 5.28. The fourth-order valence-electron chi connectivity index (χ4n) is 3.50. The quantitative estimate of drug-likeness (QED) is 0.254. The van der Waals surface area contributed by atoms with Crippen LogP contribution in [0.15, 0.2) is 96.1 Å². The van der Waals surface area contributed by atoms with Crippen LogP contribution in [0.1, 0.15) is 24.0 Å². The van der Waals surface area contributed by atoms with Crippen LogP contribution < -0.4 is 15.5 Å². The number of carbonyl (C=O) groups is 2. The normalized spacial score (nSPS) is 10.9. The van der Waals surface area contributed by atoms with Crippen LogP contribution in [0.4, 0.5) is 10.1 Å². The van der Waals surface area contributed by atoms with E-state index in [-0.39, 0.29) is 18.5 Å². The van der Waals surface area contributed by atoms with E-state index in [1.54, 1.807) is 12.3 Å². The second-order valence-corrected chi connectivity index (χ2v) is 7.79. The highest BCUT2D eigenvalue weighted by atomic mass is 19.1. The highest BCUT2D eigenvalue weighted by molar-refractivity contribution is 6.02. The zero-order valence-electron chi connectivity index (χ0n) is 18.9. The van der Waals surface area contributed by atoms with Gasteiger partial charge in [0.2, 0.25) is 11.8 Å². The lowest BCUT2D eigenvalue weighted by Crippen LogP contribution is -2.21. The predicted octanol–water partition coefficient (Wildman–Crippen LogP) is 5.43. The predicted molar refractivity (Wildman–Crippen MR) is 135 cm³/mol. The second kappa shape index (κ2) is 11.6. The average Bonchev–Trinajstić information content (AvgIpc) is 2.88. The first-order valence-corrected chi connectivity index (χ1v) is 11.1. The number of anilines is 1. The van der Waals surface area contributed by atoms with Gasteiger partial charge >= 0.3 is 0 Å². The minimum atomic E-state index is -0.532. The molecule has 7 heteroatoms. The monoisotopic (exact) mass is 469 g/mol. The molecule has 0 bridgehead atoms. The van der Waals surface area contributed by atoms with Crippen LogP contribution in [0, 0.1) is 5.82 Å². The van der Waals surface area contributed by atoms with E-state index in [2.05, 4.69) is 15.8 Å². The molecule has 0 aliphatic heterocycles. The molecule has 0 aliphatic rings. The Bertz CT molecular complexity index is 1360. The Morgan fingerprint density at radius 1 is 0.829 bits per heavy atom. The van der Waals surface area contributed by atoms with Gasteiger partial charge in [-0.15, -0.1) is 0 Å². The smallest absolute Gasteiger partial charge is 0.240 e. The SMILES string of the molecule is O=C(CCC(=O)Nc1ccccc1F)NN=Cc1c(OCc2ccccc2)ccc2ccccc12. The fraction of sp³-hybridized carbons (Fsp3) is 0.107. The summed E-state index contributed by atoms with van der Waals surface area (Å²) in [4.78, 5) is 24.2. The molecule has 0 radical (unpaired) electrons. The Kier molecular flexibility index (Phi) is 7.81. The molecule has 0 saturated carbocycles. The third-order valence-electron chi connectivity index (χ3n) is 5.28. The Morgan fingerprint density at radius 3 is 2.37 bits per heavy atom. The van der Waals surface area contributed by atoms with E-state index in [1.165, 1.54) is 18.2 Å². The van der Waals surface area contributed by atoms with E-state index in [0.29, 0.717) is 12.4 Å². The molecule has 0 spiro atoms. The number of rotatable bonds is 9. The molecule has 2 N–H and O–H groups in total. The molecule has 0 unspecified atom stereocenters. The standard InChI is InChI=1S/C28H24FN3O3/c29-24-12-6-7-13-25(24)31-27(33)16-17-28(34)32-30-18-23-22-11-5-4-10-21(22)14-15-26(23)35-19-20-8-2-1-3-9-20/h1-15,18H,16-17,19H2,(H,31,33)(H,32,34). The highest BCUT2D eigenvalue weighted by Crippen LogP contribution is 2.27. The van der Waals surface area contributed by atoms with Crippen molar-refractivity contribution in [2.45, 2.75) is 19.4 Å². The molecule has 6 nitrogen and oxygen atoms in total. The van der Waals surface area contributed by atoms with Crippen molar-refractivity contribution in [1.82, 2.24) is 5.43 Å². The number of ether oxygens (including phenoxy) is 1. The first-order chi connectivity index (χ1) is 17.1. The minimum Gasteiger partial charge on any atom is -0.488 e. The molecule has 0 saturated heterocycles. The largest absolute Gasteiger partial charge is 0.488 e. The summed E-state index contributed by atoms with van der Waals surface area (Å²) in [7, 11) is 0. The lowest BCUT2D eigenvalue weighted by atomic mass is 10.0. The zero-order valence-corrected chi connectivity index (χ0v) is 18.9.